The number of benzene rings is 1. The Morgan fingerprint density at radius 1 is 1.20 bits per heavy atom. The van der Waals surface area contributed by atoms with E-state index in [-0.39, 0.29) is 0 Å². The van der Waals surface area contributed by atoms with E-state index in [0.29, 0.717) is 12.5 Å². The molecule has 0 aliphatic carbocycles. The third-order valence-electron chi connectivity index (χ3n) is 3.91. The molecule has 3 rings (SSSR count). The minimum Gasteiger partial charge on any atom is -0.469 e. The lowest BCUT2D eigenvalue weighted by Crippen LogP contribution is -2.14. The molecule has 1 atom stereocenters. The van der Waals surface area contributed by atoms with Gasteiger partial charge in [-0.15, -0.1) is 0 Å². The van der Waals surface area contributed by atoms with Crippen molar-refractivity contribution in [2.75, 3.05) is 6.54 Å². The molecule has 2 aromatic heterocycles. The van der Waals surface area contributed by atoms with Crippen LogP contribution in [0.15, 0.2) is 53.3 Å². The molecule has 0 amide bonds. The minimum absolute atomic E-state index is 0.291. The lowest BCUT2D eigenvalue weighted by molar-refractivity contribution is 0.487. The second-order valence-corrected chi connectivity index (χ2v) is 5.10. The Bertz CT molecular complexity index is 682. The largest absolute Gasteiger partial charge is 0.469 e. The number of aromatic nitrogens is 1. The Hall–Kier alpha value is -2.00. The van der Waals surface area contributed by atoms with E-state index in [0.717, 1.165) is 18.7 Å². The fourth-order valence-electron chi connectivity index (χ4n) is 2.85. The molecule has 0 spiro atoms. The van der Waals surface area contributed by atoms with Gasteiger partial charge in [-0.25, -0.2) is 0 Å². The van der Waals surface area contributed by atoms with E-state index in [4.69, 9.17) is 10.2 Å². The summed E-state index contributed by atoms with van der Waals surface area (Å²) >= 11 is 0. The van der Waals surface area contributed by atoms with Crippen molar-refractivity contribution in [2.45, 2.75) is 25.8 Å². The molecular formula is C17H20N2O. The number of hydrogen-bond donors (Lipinski definition) is 1. The van der Waals surface area contributed by atoms with E-state index in [1.807, 2.05) is 12.1 Å². The summed E-state index contributed by atoms with van der Waals surface area (Å²) < 4.78 is 7.76. The highest BCUT2D eigenvalue weighted by Crippen LogP contribution is 2.29. The monoisotopic (exact) mass is 268 g/mol. The molecule has 3 nitrogen and oxygen atoms in total. The van der Waals surface area contributed by atoms with Gasteiger partial charge in [0.05, 0.1) is 6.26 Å². The van der Waals surface area contributed by atoms with Gasteiger partial charge in [0.1, 0.15) is 5.76 Å². The van der Waals surface area contributed by atoms with Crippen molar-refractivity contribution in [1.82, 2.24) is 4.57 Å². The SMILES string of the molecule is CCn1cc(C(CN)Cc2ccco2)c2ccccc21. The summed E-state index contributed by atoms with van der Waals surface area (Å²) in [5, 5.41) is 1.30. The Morgan fingerprint density at radius 3 is 2.75 bits per heavy atom. The van der Waals surface area contributed by atoms with E-state index in [9.17, 15) is 0 Å². The molecular weight excluding hydrogens is 248 g/mol. The summed E-state index contributed by atoms with van der Waals surface area (Å²) in [6.45, 7) is 3.76. The van der Waals surface area contributed by atoms with Gasteiger partial charge in [-0.2, -0.15) is 0 Å². The molecule has 1 unspecified atom stereocenters. The molecule has 3 aromatic rings. The lowest BCUT2D eigenvalue weighted by atomic mass is 9.94. The first-order valence-electron chi connectivity index (χ1n) is 7.13. The van der Waals surface area contributed by atoms with Gasteiger partial charge in [0, 0.05) is 36.0 Å². The molecule has 0 saturated carbocycles. The Kier molecular flexibility index (Phi) is 3.61. The van der Waals surface area contributed by atoms with Gasteiger partial charge < -0.3 is 14.7 Å². The van der Waals surface area contributed by atoms with Gasteiger partial charge in [-0.05, 0) is 37.2 Å². The van der Waals surface area contributed by atoms with E-state index in [1.54, 1.807) is 6.26 Å². The average molecular weight is 268 g/mol. The van der Waals surface area contributed by atoms with Crippen molar-refractivity contribution in [3.8, 4) is 0 Å². The van der Waals surface area contributed by atoms with Crippen LogP contribution in [0.2, 0.25) is 0 Å². The van der Waals surface area contributed by atoms with Crippen molar-refractivity contribution in [3.63, 3.8) is 0 Å². The van der Waals surface area contributed by atoms with E-state index >= 15 is 0 Å². The number of furan rings is 1. The normalized spacial score (nSPS) is 12.9. The predicted octanol–water partition coefficient (Wildman–Crippen LogP) is 3.54. The summed E-state index contributed by atoms with van der Waals surface area (Å²) in [5.74, 6) is 1.28. The second-order valence-electron chi connectivity index (χ2n) is 5.10. The summed E-state index contributed by atoms with van der Waals surface area (Å²) in [4.78, 5) is 0. The van der Waals surface area contributed by atoms with Crippen LogP contribution in [0.25, 0.3) is 10.9 Å². The zero-order valence-electron chi connectivity index (χ0n) is 11.8. The number of fused-ring (bicyclic) bond motifs is 1. The molecule has 1 aromatic carbocycles. The Morgan fingerprint density at radius 2 is 2.05 bits per heavy atom. The topological polar surface area (TPSA) is 44.1 Å². The number of hydrogen-bond acceptors (Lipinski definition) is 2. The third-order valence-corrected chi connectivity index (χ3v) is 3.91. The first kappa shape index (κ1) is 13.0. The number of nitrogens with zero attached hydrogens (tertiary/aromatic N) is 1. The van der Waals surface area contributed by atoms with Crippen LogP contribution in [0.5, 0.6) is 0 Å². The molecule has 20 heavy (non-hydrogen) atoms. The third kappa shape index (κ3) is 2.25. The fourth-order valence-corrected chi connectivity index (χ4v) is 2.85. The summed E-state index contributed by atoms with van der Waals surface area (Å²) in [7, 11) is 0. The molecule has 3 heteroatoms. The van der Waals surface area contributed by atoms with Crippen LogP contribution in [-0.4, -0.2) is 11.1 Å². The summed E-state index contributed by atoms with van der Waals surface area (Å²) in [5.41, 5.74) is 8.61. The molecule has 0 bridgehead atoms. The van der Waals surface area contributed by atoms with Crippen LogP contribution < -0.4 is 5.73 Å². The molecule has 2 N–H and O–H groups in total. The van der Waals surface area contributed by atoms with Crippen molar-refractivity contribution < 1.29 is 4.42 Å². The standard InChI is InChI=1S/C17H20N2O/c1-2-19-12-16(15-7-3-4-8-17(15)19)13(11-18)10-14-6-5-9-20-14/h3-9,12-13H,2,10-11,18H2,1H3. The van der Waals surface area contributed by atoms with Crippen molar-refractivity contribution in [2.24, 2.45) is 5.73 Å². The fraction of sp³-hybridized carbons (Fsp3) is 0.294. The van der Waals surface area contributed by atoms with E-state index in [2.05, 4.69) is 42.0 Å². The van der Waals surface area contributed by atoms with Crippen molar-refractivity contribution in [1.29, 1.82) is 0 Å². The number of nitrogens with two attached hydrogens (primary N) is 1. The van der Waals surface area contributed by atoms with Gasteiger partial charge in [-0.1, -0.05) is 18.2 Å². The molecule has 104 valence electrons. The number of para-hydroxylation sites is 1. The van der Waals surface area contributed by atoms with Crippen LogP contribution in [0, 0.1) is 0 Å². The Balaban J connectivity index is 2.03. The van der Waals surface area contributed by atoms with E-state index in [1.165, 1.54) is 16.5 Å². The minimum atomic E-state index is 0.291. The maximum atomic E-state index is 6.01. The van der Waals surface area contributed by atoms with E-state index < -0.39 is 0 Å². The van der Waals surface area contributed by atoms with Crippen LogP contribution in [0.4, 0.5) is 0 Å². The number of rotatable bonds is 5. The number of aryl methyl sites for hydroxylation is 1. The predicted molar refractivity (Wildman–Crippen MR) is 81.8 cm³/mol. The van der Waals surface area contributed by atoms with Gasteiger partial charge in [0.15, 0.2) is 0 Å². The Labute approximate surface area is 119 Å². The zero-order chi connectivity index (χ0) is 13.9. The molecule has 2 heterocycles. The van der Waals surface area contributed by atoms with Gasteiger partial charge in [0.2, 0.25) is 0 Å². The molecule has 0 radical (unpaired) electrons. The highest BCUT2D eigenvalue weighted by atomic mass is 16.3. The first-order chi connectivity index (χ1) is 9.83. The molecule has 0 fully saturated rings. The summed E-state index contributed by atoms with van der Waals surface area (Å²) in [6, 6.07) is 12.5. The first-order valence-corrected chi connectivity index (χ1v) is 7.13. The zero-order valence-corrected chi connectivity index (χ0v) is 11.8. The highest BCUT2D eigenvalue weighted by molar-refractivity contribution is 5.84. The van der Waals surface area contributed by atoms with Crippen LogP contribution in [0.3, 0.4) is 0 Å². The van der Waals surface area contributed by atoms with Gasteiger partial charge >= 0.3 is 0 Å². The highest BCUT2D eigenvalue weighted by Gasteiger charge is 2.17. The second kappa shape index (κ2) is 5.55. The maximum Gasteiger partial charge on any atom is 0.104 e. The van der Waals surface area contributed by atoms with Crippen LogP contribution >= 0.6 is 0 Å². The van der Waals surface area contributed by atoms with Crippen LogP contribution in [0.1, 0.15) is 24.2 Å². The van der Waals surface area contributed by atoms with Crippen molar-refractivity contribution in [3.05, 3.63) is 60.2 Å². The maximum absolute atomic E-state index is 6.01. The molecule has 0 saturated heterocycles. The smallest absolute Gasteiger partial charge is 0.104 e. The quantitative estimate of drug-likeness (QED) is 0.769. The average Bonchev–Trinajstić information content (AvgIpc) is 3.12. The summed E-state index contributed by atoms with van der Waals surface area (Å²) in [6.07, 6.45) is 4.81. The van der Waals surface area contributed by atoms with Gasteiger partial charge in [-0.3, -0.25) is 0 Å². The molecule has 0 aliphatic rings. The molecule has 0 aliphatic heterocycles. The van der Waals surface area contributed by atoms with Gasteiger partial charge in [0.25, 0.3) is 0 Å². The lowest BCUT2D eigenvalue weighted by Gasteiger charge is -2.12. The van der Waals surface area contributed by atoms with Crippen molar-refractivity contribution >= 4 is 10.9 Å². The van der Waals surface area contributed by atoms with Crippen LogP contribution in [-0.2, 0) is 13.0 Å².